The molecule has 0 aliphatic carbocycles. The lowest BCUT2D eigenvalue weighted by Crippen LogP contribution is -1.93. The standard InChI is InChI=1S/C7H6ClN5O.C7H6O2/c8-13-11-7(10-12-13)9-5-2-1-3-6(14)4-5;8-7(9)6-4-2-1-3-5-6/h1-4,14H,(H,9,11);1-5H,(H,8,9). The fourth-order valence-corrected chi connectivity index (χ4v) is 1.65. The quantitative estimate of drug-likeness (QED) is 0.674. The lowest BCUT2D eigenvalue weighted by atomic mass is 10.2. The van der Waals surface area contributed by atoms with Gasteiger partial charge in [-0.05, 0) is 29.5 Å². The number of rotatable bonds is 3. The van der Waals surface area contributed by atoms with E-state index in [9.17, 15) is 4.79 Å². The molecule has 0 bridgehead atoms. The molecular formula is C14H12ClN5O3. The number of phenols is 1. The second kappa shape index (κ2) is 7.76. The summed E-state index contributed by atoms with van der Waals surface area (Å²) in [5, 5.41) is 31.1. The Morgan fingerprint density at radius 2 is 1.87 bits per heavy atom. The van der Waals surface area contributed by atoms with Crippen molar-refractivity contribution in [3.63, 3.8) is 0 Å². The fraction of sp³-hybridized carbons (Fsp3) is 0. The molecule has 2 aromatic carbocycles. The molecule has 8 nitrogen and oxygen atoms in total. The van der Waals surface area contributed by atoms with Crippen molar-refractivity contribution >= 4 is 29.4 Å². The van der Waals surface area contributed by atoms with Gasteiger partial charge >= 0.3 is 5.97 Å². The first-order valence-electron chi connectivity index (χ1n) is 6.35. The molecule has 1 heterocycles. The van der Waals surface area contributed by atoms with Crippen molar-refractivity contribution in [2.24, 2.45) is 0 Å². The van der Waals surface area contributed by atoms with Crippen molar-refractivity contribution < 1.29 is 15.0 Å². The molecule has 0 saturated carbocycles. The van der Waals surface area contributed by atoms with E-state index in [1.807, 2.05) is 0 Å². The molecular weight excluding hydrogens is 322 g/mol. The summed E-state index contributed by atoms with van der Waals surface area (Å²) in [6.07, 6.45) is 0. The van der Waals surface area contributed by atoms with Crippen LogP contribution in [0.15, 0.2) is 54.6 Å². The van der Waals surface area contributed by atoms with Gasteiger partial charge < -0.3 is 15.5 Å². The van der Waals surface area contributed by atoms with Crippen LogP contribution in [0.2, 0.25) is 0 Å². The molecule has 0 unspecified atom stereocenters. The van der Waals surface area contributed by atoms with Gasteiger partial charge in [-0.1, -0.05) is 38.8 Å². The van der Waals surface area contributed by atoms with Crippen molar-refractivity contribution in [1.82, 2.24) is 19.7 Å². The van der Waals surface area contributed by atoms with Gasteiger partial charge in [0.25, 0.3) is 5.95 Å². The molecule has 3 aromatic rings. The molecule has 0 amide bonds. The number of phenolic OH excluding ortho intramolecular Hbond substituents is 1. The first-order chi connectivity index (χ1) is 11.0. The summed E-state index contributed by atoms with van der Waals surface area (Å²) in [7, 11) is 0. The molecule has 3 rings (SSSR count). The predicted molar refractivity (Wildman–Crippen MR) is 83.9 cm³/mol. The summed E-state index contributed by atoms with van der Waals surface area (Å²) in [6.45, 7) is 0. The van der Waals surface area contributed by atoms with Gasteiger partial charge in [0, 0.05) is 11.8 Å². The van der Waals surface area contributed by atoms with Crippen LogP contribution in [0, 0.1) is 0 Å². The zero-order valence-corrected chi connectivity index (χ0v) is 12.4. The van der Waals surface area contributed by atoms with E-state index in [0.29, 0.717) is 11.3 Å². The van der Waals surface area contributed by atoms with E-state index in [2.05, 4.69) is 20.7 Å². The van der Waals surface area contributed by atoms with E-state index < -0.39 is 5.97 Å². The summed E-state index contributed by atoms with van der Waals surface area (Å²) in [5.74, 6) is -0.450. The van der Waals surface area contributed by atoms with Crippen LogP contribution in [0.25, 0.3) is 0 Å². The number of halogens is 1. The van der Waals surface area contributed by atoms with Gasteiger partial charge in [-0.3, -0.25) is 0 Å². The van der Waals surface area contributed by atoms with Crippen molar-refractivity contribution in [3.05, 3.63) is 60.2 Å². The average molecular weight is 334 g/mol. The number of carbonyl (C=O) groups is 1. The lowest BCUT2D eigenvalue weighted by molar-refractivity contribution is 0.0697. The molecule has 23 heavy (non-hydrogen) atoms. The van der Waals surface area contributed by atoms with Crippen molar-refractivity contribution in [2.45, 2.75) is 0 Å². The number of nitrogens with zero attached hydrogens (tertiary/aromatic N) is 4. The Morgan fingerprint density at radius 3 is 2.39 bits per heavy atom. The van der Waals surface area contributed by atoms with Crippen LogP contribution in [0.5, 0.6) is 5.75 Å². The Morgan fingerprint density at radius 1 is 1.13 bits per heavy atom. The average Bonchev–Trinajstić information content (AvgIpc) is 2.94. The fourth-order valence-electron chi connectivity index (χ4n) is 1.54. The Hall–Kier alpha value is -3.13. The largest absolute Gasteiger partial charge is 0.508 e. The van der Waals surface area contributed by atoms with Crippen LogP contribution in [0.1, 0.15) is 10.4 Å². The molecule has 118 valence electrons. The molecule has 0 atom stereocenters. The van der Waals surface area contributed by atoms with Crippen LogP contribution in [-0.2, 0) is 0 Å². The third kappa shape index (κ3) is 5.29. The smallest absolute Gasteiger partial charge is 0.335 e. The maximum atomic E-state index is 10.2. The highest BCUT2D eigenvalue weighted by Gasteiger charge is 2.01. The van der Waals surface area contributed by atoms with E-state index in [-0.39, 0.29) is 11.7 Å². The molecule has 3 N–H and O–H groups in total. The number of carboxylic acid groups (broad SMARTS) is 1. The van der Waals surface area contributed by atoms with Gasteiger partial charge in [0.15, 0.2) is 0 Å². The van der Waals surface area contributed by atoms with Gasteiger partial charge in [-0.2, -0.15) is 0 Å². The van der Waals surface area contributed by atoms with Gasteiger partial charge in [0.1, 0.15) is 5.75 Å². The van der Waals surface area contributed by atoms with Crippen LogP contribution in [-0.4, -0.2) is 35.9 Å². The van der Waals surface area contributed by atoms with Crippen molar-refractivity contribution in [1.29, 1.82) is 0 Å². The third-order valence-corrected chi connectivity index (χ3v) is 2.66. The molecule has 0 aliphatic heterocycles. The zero-order valence-electron chi connectivity index (χ0n) is 11.7. The Labute approximate surface area is 136 Å². The highest BCUT2D eigenvalue weighted by Crippen LogP contribution is 2.17. The number of hydrogen-bond acceptors (Lipinski definition) is 6. The van der Waals surface area contributed by atoms with Gasteiger partial charge in [0.05, 0.1) is 17.3 Å². The van der Waals surface area contributed by atoms with Crippen LogP contribution in [0.3, 0.4) is 0 Å². The summed E-state index contributed by atoms with van der Waals surface area (Å²) >= 11 is 5.40. The highest BCUT2D eigenvalue weighted by molar-refractivity contribution is 6.14. The number of hydrogen-bond donors (Lipinski definition) is 3. The number of carboxylic acids is 1. The maximum absolute atomic E-state index is 10.2. The highest BCUT2D eigenvalue weighted by atomic mass is 35.5. The number of tetrazole rings is 1. The minimum atomic E-state index is -0.879. The number of aromatic carboxylic acids is 1. The molecule has 1 aromatic heterocycles. The van der Waals surface area contributed by atoms with E-state index in [0.717, 1.165) is 4.32 Å². The van der Waals surface area contributed by atoms with E-state index >= 15 is 0 Å². The third-order valence-electron chi connectivity index (χ3n) is 2.51. The van der Waals surface area contributed by atoms with Gasteiger partial charge in [-0.25, -0.2) is 4.79 Å². The lowest BCUT2D eigenvalue weighted by Gasteiger charge is -2.00. The summed E-state index contributed by atoms with van der Waals surface area (Å²) in [4.78, 5) is 10.2. The number of benzene rings is 2. The van der Waals surface area contributed by atoms with E-state index in [1.165, 1.54) is 6.07 Å². The number of aromatic nitrogens is 4. The molecule has 9 heteroatoms. The summed E-state index contributed by atoms with van der Waals surface area (Å²) < 4.78 is 0.825. The normalized spacial score (nSPS) is 9.61. The van der Waals surface area contributed by atoms with Crippen LogP contribution < -0.4 is 5.32 Å². The Kier molecular flexibility index (Phi) is 5.48. The first-order valence-corrected chi connectivity index (χ1v) is 6.69. The Bertz CT molecular complexity index is 779. The monoisotopic (exact) mass is 333 g/mol. The number of nitrogens with one attached hydrogen (secondary N) is 1. The number of aromatic hydroxyl groups is 1. The molecule has 0 aliphatic rings. The second-order valence-electron chi connectivity index (χ2n) is 4.20. The minimum absolute atomic E-state index is 0.160. The van der Waals surface area contributed by atoms with E-state index in [4.69, 9.17) is 22.0 Å². The van der Waals surface area contributed by atoms with Crippen molar-refractivity contribution in [3.8, 4) is 5.75 Å². The maximum Gasteiger partial charge on any atom is 0.335 e. The summed E-state index contributed by atoms with van der Waals surface area (Å²) in [5.41, 5.74) is 0.993. The van der Waals surface area contributed by atoms with Crippen LogP contribution >= 0.6 is 11.8 Å². The minimum Gasteiger partial charge on any atom is -0.508 e. The Balaban J connectivity index is 0.000000185. The van der Waals surface area contributed by atoms with Crippen molar-refractivity contribution in [2.75, 3.05) is 5.32 Å². The number of anilines is 2. The molecule has 0 spiro atoms. The second-order valence-corrected chi connectivity index (χ2v) is 4.50. The predicted octanol–water partition coefficient (Wildman–Crippen LogP) is 2.51. The summed E-state index contributed by atoms with van der Waals surface area (Å²) in [6, 6.07) is 14.9. The van der Waals surface area contributed by atoms with Gasteiger partial charge in [0.2, 0.25) is 0 Å². The molecule has 0 fully saturated rings. The van der Waals surface area contributed by atoms with Crippen LogP contribution in [0.4, 0.5) is 11.6 Å². The first kappa shape index (κ1) is 16.2. The molecule has 0 radical (unpaired) electrons. The SMILES string of the molecule is O=C(O)c1ccccc1.Oc1cccc(Nc2nnn(Cl)n2)c1. The topological polar surface area (TPSA) is 113 Å². The van der Waals surface area contributed by atoms with E-state index in [1.54, 1.807) is 48.5 Å². The van der Waals surface area contributed by atoms with Gasteiger partial charge in [-0.15, -0.1) is 0 Å². The zero-order chi connectivity index (χ0) is 16.7. The molecule has 0 saturated heterocycles.